The van der Waals surface area contributed by atoms with Crippen LogP contribution in [0.1, 0.15) is 35.5 Å². The lowest BCUT2D eigenvalue weighted by Crippen LogP contribution is -2.09. The van der Waals surface area contributed by atoms with Crippen LogP contribution in [-0.4, -0.2) is 39.0 Å². The molecule has 0 spiro atoms. The zero-order valence-corrected chi connectivity index (χ0v) is 18.4. The molecule has 2 N–H and O–H groups in total. The third kappa shape index (κ3) is 3.80. The van der Waals surface area contributed by atoms with Crippen molar-refractivity contribution in [1.29, 1.82) is 0 Å². The molecule has 0 saturated heterocycles. The highest BCUT2D eigenvalue weighted by molar-refractivity contribution is 9.10. The molecule has 0 bridgehead atoms. The Hall–Kier alpha value is -3.20. The summed E-state index contributed by atoms with van der Waals surface area (Å²) in [6, 6.07) is 11.5. The lowest BCUT2D eigenvalue weighted by Gasteiger charge is -2.14. The molecule has 0 fully saturated rings. The molecule has 0 radical (unpaired) electrons. The molecule has 154 valence electrons. The number of pyridine rings is 1. The molecule has 8 nitrogen and oxygen atoms in total. The number of benzene rings is 1. The van der Waals surface area contributed by atoms with Crippen molar-refractivity contribution in [2.75, 3.05) is 20.0 Å². The number of halogens is 1. The van der Waals surface area contributed by atoms with E-state index in [1.165, 1.54) is 0 Å². The van der Waals surface area contributed by atoms with Crippen molar-refractivity contribution in [3.8, 4) is 11.5 Å². The average molecular weight is 469 g/mol. The third-order valence-electron chi connectivity index (χ3n) is 5.02. The summed E-state index contributed by atoms with van der Waals surface area (Å²) < 4.78 is 13.7. The first kappa shape index (κ1) is 20.1. The summed E-state index contributed by atoms with van der Waals surface area (Å²) in [5, 5.41) is 17.1. The lowest BCUT2D eigenvalue weighted by atomic mass is 10.0. The quantitative estimate of drug-likeness (QED) is 0.460. The van der Waals surface area contributed by atoms with Crippen LogP contribution in [0.3, 0.4) is 0 Å². The van der Waals surface area contributed by atoms with Crippen LogP contribution in [0.5, 0.6) is 11.5 Å². The standard InChI is InChI=1S/C21H21BrN6O2/c1-12(21-27-25-19-7-5-15(22)11-28(19)21)17-9-14(20(23)26-24-17)8-13-4-6-16(29-2)10-18(13)30-3/h4-7,9-12H,8H2,1-3H3,(H2,23,26). The normalized spacial score (nSPS) is 12.1. The average Bonchev–Trinajstić information content (AvgIpc) is 3.18. The van der Waals surface area contributed by atoms with Gasteiger partial charge >= 0.3 is 0 Å². The summed E-state index contributed by atoms with van der Waals surface area (Å²) in [7, 11) is 3.26. The number of ether oxygens (including phenoxy) is 2. The van der Waals surface area contributed by atoms with E-state index in [9.17, 15) is 0 Å². The highest BCUT2D eigenvalue weighted by Crippen LogP contribution is 2.29. The molecule has 4 rings (SSSR count). The minimum atomic E-state index is -0.126. The molecule has 30 heavy (non-hydrogen) atoms. The first-order valence-corrected chi connectivity index (χ1v) is 10.1. The predicted octanol–water partition coefficient (Wildman–Crippen LogP) is 3.62. The highest BCUT2D eigenvalue weighted by atomic mass is 79.9. The van der Waals surface area contributed by atoms with E-state index in [1.807, 2.05) is 53.9 Å². The SMILES string of the molecule is COc1ccc(Cc2cc(C(C)c3nnc4ccc(Br)cn34)nnc2N)c(OC)c1. The van der Waals surface area contributed by atoms with Crippen LogP contribution in [0.15, 0.2) is 47.1 Å². The molecule has 0 aliphatic rings. The summed E-state index contributed by atoms with van der Waals surface area (Å²) in [6.45, 7) is 2.02. The van der Waals surface area contributed by atoms with Crippen molar-refractivity contribution in [3.05, 3.63) is 69.7 Å². The second kappa shape index (κ2) is 8.27. The van der Waals surface area contributed by atoms with Gasteiger partial charge in [-0.25, -0.2) is 0 Å². The summed E-state index contributed by atoms with van der Waals surface area (Å²) in [4.78, 5) is 0. The Morgan fingerprint density at radius 1 is 1.00 bits per heavy atom. The number of aromatic nitrogens is 5. The summed E-state index contributed by atoms with van der Waals surface area (Å²) in [5.74, 6) is 2.50. The number of fused-ring (bicyclic) bond motifs is 1. The summed E-state index contributed by atoms with van der Waals surface area (Å²) in [5.41, 5.74) is 9.52. The van der Waals surface area contributed by atoms with Crippen molar-refractivity contribution in [1.82, 2.24) is 24.8 Å². The molecule has 0 aliphatic heterocycles. The zero-order chi connectivity index (χ0) is 21.3. The summed E-state index contributed by atoms with van der Waals surface area (Å²) >= 11 is 3.50. The largest absolute Gasteiger partial charge is 0.497 e. The van der Waals surface area contributed by atoms with Gasteiger partial charge in [-0.05, 0) is 52.7 Å². The van der Waals surface area contributed by atoms with E-state index in [-0.39, 0.29) is 5.92 Å². The number of nitrogen functional groups attached to an aromatic ring is 1. The molecule has 0 aliphatic carbocycles. The van der Waals surface area contributed by atoms with Crippen molar-refractivity contribution in [2.45, 2.75) is 19.3 Å². The highest BCUT2D eigenvalue weighted by Gasteiger charge is 2.19. The van der Waals surface area contributed by atoms with Crippen LogP contribution in [0, 0.1) is 0 Å². The van der Waals surface area contributed by atoms with Gasteiger partial charge in [-0.15, -0.1) is 15.3 Å². The Balaban J connectivity index is 1.69. The number of anilines is 1. The van der Waals surface area contributed by atoms with Crippen LogP contribution in [0.4, 0.5) is 5.82 Å². The number of rotatable bonds is 6. The Labute approximate surface area is 182 Å². The monoisotopic (exact) mass is 468 g/mol. The van der Waals surface area contributed by atoms with E-state index in [4.69, 9.17) is 15.2 Å². The molecule has 4 aromatic rings. The van der Waals surface area contributed by atoms with E-state index >= 15 is 0 Å². The van der Waals surface area contributed by atoms with E-state index < -0.39 is 0 Å². The van der Waals surface area contributed by atoms with Crippen LogP contribution in [-0.2, 0) is 6.42 Å². The number of hydrogen-bond acceptors (Lipinski definition) is 7. The predicted molar refractivity (Wildman–Crippen MR) is 117 cm³/mol. The Kier molecular flexibility index (Phi) is 5.54. The van der Waals surface area contributed by atoms with Crippen LogP contribution < -0.4 is 15.2 Å². The molecule has 0 amide bonds. The van der Waals surface area contributed by atoms with Gasteiger partial charge in [0.1, 0.15) is 23.1 Å². The van der Waals surface area contributed by atoms with E-state index in [0.29, 0.717) is 12.2 Å². The number of nitrogens with zero attached hydrogens (tertiary/aromatic N) is 5. The topological polar surface area (TPSA) is 100 Å². The molecule has 1 unspecified atom stereocenters. The molecule has 9 heteroatoms. The fourth-order valence-corrected chi connectivity index (χ4v) is 3.66. The maximum atomic E-state index is 6.14. The van der Waals surface area contributed by atoms with Gasteiger partial charge in [-0.3, -0.25) is 4.40 Å². The minimum absolute atomic E-state index is 0.126. The molecule has 1 aromatic carbocycles. The van der Waals surface area contributed by atoms with Crippen LogP contribution >= 0.6 is 15.9 Å². The van der Waals surface area contributed by atoms with Gasteiger partial charge in [0, 0.05) is 28.7 Å². The van der Waals surface area contributed by atoms with Gasteiger partial charge in [-0.2, -0.15) is 5.10 Å². The Morgan fingerprint density at radius 2 is 1.83 bits per heavy atom. The fraction of sp³-hybridized carbons (Fsp3) is 0.238. The number of nitrogens with two attached hydrogens (primary N) is 1. The van der Waals surface area contributed by atoms with Gasteiger partial charge in [0.15, 0.2) is 5.65 Å². The maximum absolute atomic E-state index is 6.14. The first-order chi connectivity index (χ1) is 14.5. The molecule has 0 saturated carbocycles. The molecular weight excluding hydrogens is 448 g/mol. The van der Waals surface area contributed by atoms with Gasteiger partial charge < -0.3 is 15.2 Å². The molecule has 3 aromatic heterocycles. The van der Waals surface area contributed by atoms with Crippen molar-refractivity contribution >= 4 is 27.4 Å². The number of hydrogen-bond donors (Lipinski definition) is 1. The third-order valence-corrected chi connectivity index (χ3v) is 5.49. The summed E-state index contributed by atoms with van der Waals surface area (Å²) in [6.07, 6.45) is 2.50. The van der Waals surface area contributed by atoms with Crippen LogP contribution in [0.25, 0.3) is 5.65 Å². The van der Waals surface area contributed by atoms with Gasteiger partial charge in [0.25, 0.3) is 0 Å². The maximum Gasteiger partial charge on any atom is 0.160 e. The molecule has 3 heterocycles. The Bertz CT molecular complexity index is 1210. The van der Waals surface area contributed by atoms with E-state index in [1.54, 1.807) is 14.2 Å². The van der Waals surface area contributed by atoms with Gasteiger partial charge in [-0.1, -0.05) is 6.07 Å². The Morgan fingerprint density at radius 3 is 2.60 bits per heavy atom. The van der Waals surface area contributed by atoms with Crippen molar-refractivity contribution in [2.24, 2.45) is 0 Å². The lowest BCUT2D eigenvalue weighted by molar-refractivity contribution is 0.391. The first-order valence-electron chi connectivity index (χ1n) is 9.33. The number of methoxy groups -OCH3 is 2. The fourth-order valence-electron chi connectivity index (χ4n) is 3.32. The molecule has 1 atom stereocenters. The van der Waals surface area contributed by atoms with Crippen molar-refractivity contribution in [3.63, 3.8) is 0 Å². The van der Waals surface area contributed by atoms with Gasteiger partial charge in [0.2, 0.25) is 0 Å². The van der Waals surface area contributed by atoms with Gasteiger partial charge in [0.05, 0.1) is 25.8 Å². The van der Waals surface area contributed by atoms with Crippen LogP contribution in [0.2, 0.25) is 0 Å². The zero-order valence-electron chi connectivity index (χ0n) is 16.8. The molecular formula is C21H21BrN6O2. The van der Waals surface area contributed by atoms with E-state index in [2.05, 4.69) is 36.3 Å². The minimum Gasteiger partial charge on any atom is -0.497 e. The van der Waals surface area contributed by atoms with E-state index in [0.717, 1.165) is 44.3 Å². The second-order valence-electron chi connectivity index (χ2n) is 6.89. The smallest absolute Gasteiger partial charge is 0.160 e. The van der Waals surface area contributed by atoms with Crippen molar-refractivity contribution < 1.29 is 9.47 Å². The second-order valence-corrected chi connectivity index (χ2v) is 7.81.